The maximum atomic E-state index is 13.9. The van der Waals surface area contributed by atoms with Gasteiger partial charge in [0.05, 0.1) is 19.0 Å². The van der Waals surface area contributed by atoms with Crippen molar-refractivity contribution in [2.45, 2.75) is 6.54 Å². The van der Waals surface area contributed by atoms with Crippen LogP contribution >= 0.6 is 0 Å². The van der Waals surface area contributed by atoms with Gasteiger partial charge in [0.15, 0.2) is 11.5 Å². The highest BCUT2D eigenvalue weighted by Crippen LogP contribution is 2.25. The minimum Gasteiger partial charge on any atom is -0.466 e. The van der Waals surface area contributed by atoms with E-state index in [2.05, 4.69) is 25.3 Å². The molecule has 0 saturated heterocycles. The van der Waals surface area contributed by atoms with Crippen LogP contribution in [0.15, 0.2) is 42.6 Å². The summed E-state index contributed by atoms with van der Waals surface area (Å²) in [6, 6.07) is 10.5. The molecule has 4 rings (SSSR count). The minimum atomic E-state index is -0.278. The molecule has 3 heterocycles. The lowest BCUT2D eigenvalue weighted by Gasteiger charge is -2.04. The van der Waals surface area contributed by atoms with Crippen LogP contribution < -0.4 is 4.74 Å². The van der Waals surface area contributed by atoms with Gasteiger partial charge in [-0.25, -0.2) is 14.1 Å². The summed E-state index contributed by atoms with van der Waals surface area (Å²) >= 11 is 0. The minimum absolute atomic E-state index is 0.227. The number of rotatable bonds is 4. The van der Waals surface area contributed by atoms with Crippen molar-refractivity contribution in [3.8, 4) is 17.5 Å². The number of benzene rings is 1. The van der Waals surface area contributed by atoms with Gasteiger partial charge in [0.1, 0.15) is 11.5 Å². The molecule has 24 heavy (non-hydrogen) atoms. The van der Waals surface area contributed by atoms with Crippen molar-refractivity contribution >= 4 is 11.0 Å². The Morgan fingerprint density at radius 2 is 2.08 bits per heavy atom. The standard InChI is InChI=1S/C16H13FN6O/c1-24-16-19-14(20-21-16)13-11-6-4-8-18-15(11)23(22-13)9-10-5-2-3-7-12(10)17/h2-8H,9H2,1H3,(H,19,20,21). The lowest BCUT2D eigenvalue weighted by Crippen LogP contribution is -2.04. The van der Waals surface area contributed by atoms with Gasteiger partial charge in [-0.3, -0.25) is 5.10 Å². The fraction of sp³-hybridized carbons (Fsp3) is 0.125. The lowest BCUT2D eigenvalue weighted by atomic mass is 10.2. The maximum absolute atomic E-state index is 13.9. The van der Waals surface area contributed by atoms with Gasteiger partial charge >= 0.3 is 6.01 Å². The smallest absolute Gasteiger partial charge is 0.335 e. The van der Waals surface area contributed by atoms with E-state index in [0.29, 0.717) is 22.7 Å². The van der Waals surface area contributed by atoms with E-state index in [0.717, 1.165) is 5.39 Å². The monoisotopic (exact) mass is 324 g/mol. The first-order valence-electron chi connectivity index (χ1n) is 7.28. The first kappa shape index (κ1) is 14.3. The quantitative estimate of drug-likeness (QED) is 0.623. The second-order valence-corrected chi connectivity index (χ2v) is 5.14. The molecule has 4 aromatic rings. The number of halogens is 1. The third-order valence-electron chi connectivity index (χ3n) is 3.66. The Morgan fingerprint density at radius 3 is 2.88 bits per heavy atom. The summed E-state index contributed by atoms with van der Waals surface area (Å²) in [5.74, 6) is 0.192. The molecule has 7 nitrogen and oxygen atoms in total. The van der Waals surface area contributed by atoms with E-state index in [4.69, 9.17) is 4.74 Å². The zero-order valence-corrected chi connectivity index (χ0v) is 12.8. The zero-order valence-electron chi connectivity index (χ0n) is 12.8. The number of pyridine rings is 1. The molecular weight excluding hydrogens is 311 g/mol. The fourth-order valence-electron chi connectivity index (χ4n) is 2.53. The number of nitrogens with one attached hydrogen (secondary N) is 1. The first-order chi connectivity index (χ1) is 11.8. The highest BCUT2D eigenvalue weighted by Gasteiger charge is 2.17. The molecule has 0 radical (unpaired) electrons. The average Bonchev–Trinajstić information content (AvgIpc) is 3.22. The molecule has 0 fully saturated rings. The Kier molecular flexibility index (Phi) is 3.42. The summed E-state index contributed by atoms with van der Waals surface area (Å²) in [4.78, 5) is 8.59. The number of aromatic amines is 1. The van der Waals surface area contributed by atoms with Gasteiger partial charge in [-0.05, 0) is 18.2 Å². The van der Waals surface area contributed by atoms with Crippen molar-refractivity contribution in [2.75, 3.05) is 7.11 Å². The molecule has 120 valence electrons. The molecule has 0 aliphatic rings. The highest BCUT2D eigenvalue weighted by atomic mass is 19.1. The lowest BCUT2D eigenvalue weighted by molar-refractivity contribution is 0.382. The van der Waals surface area contributed by atoms with Crippen LogP contribution in [0.2, 0.25) is 0 Å². The number of hydrogen-bond donors (Lipinski definition) is 1. The number of fused-ring (bicyclic) bond motifs is 1. The van der Waals surface area contributed by atoms with Crippen LogP contribution in [0.1, 0.15) is 5.56 Å². The number of aromatic nitrogens is 6. The van der Waals surface area contributed by atoms with Gasteiger partial charge < -0.3 is 4.74 Å². The number of H-pyrrole nitrogens is 1. The van der Waals surface area contributed by atoms with E-state index >= 15 is 0 Å². The topological polar surface area (TPSA) is 81.5 Å². The number of methoxy groups -OCH3 is 1. The van der Waals surface area contributed by atoms with Gasteiger partial charge in [0.2, 0.25) is 0 Å². The number of ether oxygens (including phenoxy) is 1. The van der Waals surface area contributed by atoms with Crippen molar-refractivity contribution in [3.63, 3.8) is 0 Å². The Labute approximate surface area is 136 Å². The van der Waals surface area contributed by atoms with Crippen LogP contribution in [0.3, 0.4) is 0 Å². The predicted molar refractivity (Wildman–Crippen MR) is 85.0 cm³/mol. The molecule has 0 atom stereocenters. The second-order valence-electron chi connectivity index (χ2n) is 5.14. The van der Waals surface area contributed by atoms with Gasteiger partial charge in [0, 0.05) is 11.8 Å². The Morgan fingerprint density at radius 1 is 1.21 bits per heavy atom. The van der Waals surface area contributed by atoms with E-state index in [1.807, 2.05) is 12.1 Å². The van der Waals surface area contributed by atoms with Crippen LogP contribution in [0.25, 0.3) is 22.6 Å². The summed E-state index contributed by atoms with van der Waals surface area (Å²) < 4.78 is 20.6. The van der Waals surface area contributed by atoms with Crippen molar-refractivity contribution in [3.05, 3.63) is 54.0 Å². The van der Waals surface area contributed by atoms with Crippen molar-refractivity contribution in [1.82, 2.24) is 29.9 Å². The van der Waals surface area contributed by atoms with E-state index in [1.165, 1.54) is 13.2 Å². The van der Waals surface area contributed by atoms with Crippen molar-refractivity contribution in [1.29, 1.82) is 0 Å². The largest absolute Gasteiger partial charge is 0.466 e. The fourth-order valence-corrected chi connectivity index (χ4v) is 2.53. The highest BCUT2D eigenvalue weighted by molar-refractivity contribution is 5.89. The van der Waals surface area contributed by atoms with E-state index < -0.39 is 0 Å². The molecule has 8 heteroatoms. The summed E-state index contributed by atoms with van der Waals surface area (Å²) in [7, 11) is 1.49. The molecule has 1 aromatic carbocycles. The molecule has 0 saturated carbocycles. The second kappa shape index (κ2) is 5.73. The number of hydrogen-bond acceptors (Lipinski definition) is 5. The van der Waals surface area contributed by atoms with E-state index in [1.54, 1.807) is 29.1 Å². The summed E-state index contributed by atoms with van der Waals surface area (Å²) in [6.07, 6.45) is 1.67. The Hall–Kier alpha value is -3.29. The molecule has 0 amide bonds. The molecule has 1 N–H and O–H groups in total. The number of nitrogens with zero attached hydrogens (tertiary/aromatic N) is 5. The Bertz CT molecular complexity index is 1010. The molecule has 0 unspecified atom stereocenters. The van der Waals surface area contributed by atoms with Crippen LogP contribution in [0.5, 0.6) is 6.01 Å². The van der Waals surface area contributed by atoms with E-state index in [9.17, 15) is 4.39 Å². The van der Waals surface area contributed by atoms with Gasteiger partial charge in [-0.1, -0.05) is 18.2 Å². The van der Waals surface area contributed by atoms with Crippen LogP contribution in [0, 0.1) is 5.82 Å². The molecule has 3 aromatic heterocycles. The third kappa shape index (κ3) is 2.37. The molecule has 0 aliphatic carbocycles. The molecule has 0 aliphatic heterocycles. The average molecular weight is 324 g/mol. The van der Waals surface area contributed by atoms with Gasteiger partial charge in [-0.2, -0.15) is 10.1 Å². The van der Waals surface area contributed by atoms with Crippen LogP contribution in [-0.2, 0) is 6.54 Å². The first-order valence-corrected chi connectivity index (χ1v) is 7.28. The van der Waals surface area contributed by atoms with Crippen molar-refractivity contribution in [2.24, 2.45) is 0 Å². The summed E-state index contributed by atoms with van der Waals surface area (Å²) in [5, 5.41) is 12.1. The Balaban J connectivity index is 1.83. The maximum Gasteiger partial charge on any atom is 0.335 e. The molecule has 0 spiro atoms. The van der Waals surface area contributed by atoms with Crippen LogP contribution in [-0.4, -0.2) is 37.1 Å². The zero-order chi connectivity index (χ0) is 16.5. The predicted octanol–water partition coefficient (Wildman–Crippen LogP) is 2.41. The van der Waals surface area contributed by atoms with E-state index in [-0.39, 0.29) is 18.4 Å². The molecular formula is C16H13FN6O. The van der Waals surface area contributed by atoms with Crippen LogP contribution in [0.4, 0.5) is 4.39 Å². The summed E-state index contributed by atoms with van der Waals surface area (Å²) in [6.45, 7) is 0.269. The normalized spacial score (nSPS) is 11.1. The SMILES string of the molecule is COc1n[nH]c(-c2nn(Cc3ccccc3F)c3ncccc23)n1. The van der Waals surface area contributed by atoms with Gasteiger partial charge in [0.25, 0.3) is 0 Å². The van der Waals surface area contributed by atoms with Crippen molar-refractivity contribution < 1.29 is 9.13 Å². The third-order valence-corrected chi connectivity index (χ3v) is 3.66. The van der Waals surface area contributed by atoms with Gasteiger partial charge in [-0.15, -0.1) is 5.10 Å². The molecule has 0 bridgehead atoms. The summed E-state index contributed by atoms with van der Waals surface area (Å²) in [5.41, 5.74) is 1.77.